The average molecular weight is 299 g/mol. The van der Waals surface area contributed by atoms with Crippen LogP contribution >= 0.6 is 15.9 Å². The van der Waals surface area contributed by atoms with Crippen LogP contribution in [-0.4, -0.2) is 11.9 Å². The van der Waals surface area contributed by atoms with Crippen LogP contribution < -0.4 is 11.1 Å². The van der Waals surface area contributed by atoms with Crippen molar-refractivity contribution in [3.8, 4) is 0 Å². The molecule has 1 aromatic carbocycles. The Balaban J connectivity index is 2.63. The molecule has 0 aliphatic rings. The van der Waals surface area contributed by atoms with Gasteiger partial charge in [-0.1, -0.05) is 35.0 Å². The van der Waals surface area contributed by atoms with Gasteiger partial charge in [-0.3, -0.25) is 4.79 Å². The molecule has 3 N–H and O–H groups in total. The average Bonchev–Trinajstić information content (AvgIpc) is 2.28. The molecule has 0 aromatic heterocycles. The van der Waals surface area contributed by atoms with Crippen molar-refractivity contribution < 1.29 is 4.79 Å². The number of hydrogen-bond acceptors (Lipinski definition) is 2. The minimum absolute atomic E-state index is 0.00296. The standard InChI is InChI=1S/C13H19BrN2O/c1-8(9(2)15)13(17)16-10(3)11-4-6-12(14)7-5-11/h4-10H,15H2,1-3H3,(H,16,17)/t8?,9?,10-/m1/s1. The van der Waals surface area contributed by atoms with Gasteiger partial charge in [0.1, 0.15) is 0 Å². The molecule has 0 fully saturated rings. The van der Waals surface area contributed by atoms with Gasteiger partial charge >= 0.3 is 0 Å². The highest BCUT2D eigenvalue weighted by Gasteiger charge is 2.19. The summed E-state index contributed by atoms with van der Waals surface area (Å²) in [5, 5.41) is 2.96. The smallest absolute Gasteiger partial charge is 0.224 e. The molecule has 0 saturated carbocycles. The summed E-state index contributed by atoms with van der Waals surface area (Å²) in [5.41, 5.74) is 6.79. The summed E-state index contributed by atoms with van der Waals surface area (Å²) < 4.78 is 1.03. The second kappa shape index (κ2) is 6.17. The Labute approximate surface area is 111 Å². The summed E-state index contributed by atoms with van der Waals surface area (Å²) in [6.45, 7) is 5.65. The molecule has 94 valence electrons. The molecule has 0 radical (unpaired) electrons. The highest BCUT2D eigenvalue weighted by atomic mass is 79.9. The van der Waals surface area contributed by atoms with E-state index >= 15 is 0 Å². The molecule has 0 aliphatic heterocycles. The van der Waals surface area contributed by atoms with Crippen molar-refractivity contribution in [1.82, 2.24) is 5.32 Å². The highest BCUT2D eigenvalue weighted by molar-refractivity contribution is 9.10. The van der Waals surface area contributed by atoms with E-state index in [2.05, 4.69) is 21.2 Å². The van der Waals surface area contributed by atoms with E-state index in [9.17, 15) is 4.79 Å². The molecule has 0 bridgehead atoms. The van der Waals surface area contributed by atoms with Crippen LogP contribution in [-0.2, 0) is 4.79 Å². The van der Waals surface area contributed by atoms with Gasteiger partial charge in [-0.2, -0.15) is 0 Å². The fraction of sp³-hybridized carbons (Fsp3) is 0.462. The molecule has 1 aromatic rings. The molecule has 1 amide bonds. The Hall–Kier alpha value is -0.870. The lowest BCUT2D eigenvalue weighted by Gasteiger charge is -2.20. The van der Waals surface area contributed by atoms with Crippen LogP contribution in [0.4, 0.5) is 0 Å². The largest absolute Gasteiger partial charge is 0.349 e. The summed E-state index contributed by atoms with van der Waals surface area (Å²) in [5.74, 6) is -0.177. The fourth-order valence-corrected chi connectivity index (χ4v) is 1.68. The molecule has 3 atom stereocenters. The summed E-state index contributed by atoms with van der Waals surface area (Å²) in [6.07, 6.45) is 0. The maximum atomic E-state index is 11.8. The van der Waals surface area contributed by atoms with E-state index in [-0.39, 0.29) is 23.9 Å². The minimum Gasteiger partial charge on any atom is -0.349 e. The number of benzene rings is 1. The summed E-state index contributed by atoms with van der Waals surface area (Å²) >= 11 is 3.38. The zero-order chi connectivity index (χ0) is 13.0. The van der Waals surface area contributed by atoms with Crippen LogP contribution in [0, 0.1) is 5.92 Å². The van der Waals surface area contributed by atoms with Gasteiger partial charge < -0.3 is 11.1 Å². The monoisotopic (exact) mass is 298 g/mol. The number of carbonyl (C=O) groups excluding carboxylic acids is 1. The van der Waals surface area contributed by atoms with Crippen LogP contribution in [0.2, 0.25) is 0 Å². The maximum Gasteiger partial charge on any atom is 0.224 e. The van der Waals surface area contributed by atoms with Crippen molar-refractivity contribution >= 4 is 21.8 Å². The number of halogens is 1. The van der Waals surface area contributed by atoms with Gasteiger partial charge in [-0.05, 0) is 31.5 Å². The van der Waals surface area contributed by atoms with Crippen molar-refractivity contribution in [1.29, 1.82) is 0 Å². The molecule has 0 spiro atoms. The quantitative estimate of drug-likeness (QED) is 0.898. The molecule has 0 saturated heterocycles. The van der Waals surface area contributed by atoms with Crippen molar-refractivity contribution in [3.05, 3.63) is 34.3 Å². The zero-order valence-corrected chi connectivity index (χ0v) is 12.0. The second-order valence-corrected chi connectivity index (χ2v) is 5.35. The molecule has 2 unspecified atom stereocenters. The van der Waals surface area contributed by atoms with E-state index in [4.69, 9.17) is 5.73 Å². The topological polar surface area (TPSA) is 55.1 Å². The minimum atomic E-state index is -0.173. The Morgan fingerprint density at radius 2 is 1.76 bits per heavy atom. The van der Waals surface area contributed by atoms with E-state index in [1.807, 2.05) is 45.0 Å². The van der Waals surface area contributed by atoms with Crippen molar-refractivity contribution in [2.75, 3.05) is 0 Å². The normalized spacial score (nSPS) is 16.1. The number of carbonyl (C=O) groups is 1. The van der Waals surface area contributed by atoms with Crippen LogP contribution in [0.5, 0.6) is 0 Å². The van der Waals surface area contributed by atoms with Gasteiger partial charge in [-0.15, -0.1) is 0 Å². The van der Waals surface area contributed by atoms with Crippen LogP contribution in [0.25, 0.3) is 0 Å². The number of amides is 1. The Bertz CT molecular complexity index is 376. The Morgan fingerprint density at radius 3 is 2.24 bits per heavy atom. The predicted molar refractivity (Wildman–Crippen MR) is 73.5 cm³/mol. The number of nitrogens with two attached hydrogens (primary N) is 1. The van der Waals surface area contributed by atoms with Crippen LogP contribution in [0.3, 0.4) is 0 Å². The van der Waals surface area contributed by atoms with E-state index in [1.165, 1.54) is 0 Å². The van der Waals surface area contributed by atoms with Crippen molar-refractivity contribution in [2.45, 2.75) is 32.9 Å². The van der Waals surface area contributed by atoms with Crippen LogP contribution in [0.1, 0.15) is 32.4 Å². The first-order valence-electron chi connectivity index (χ1n) is 5.73. The van der Waals surface area contributed by atoms with Crippen LogP contribution in [0.15, 0.2) is 28.7 Å². The molecule has 0 aliphatic carbocycles. The van der Waals surface area contributed by atoms with E-state index < -0.39 is 0 Å². The second-order valence-electron chi connectivity index (χ2n) is 4.43. The SMILES string of the molecule is CC(N)C(C)C(=O)N[C@H](C)c1ccc(Br)cc1. The van der Waals surface area contributed by atoms with Gasteiger partial charge in [0.2, 0.25) is 5.91 Å². The van der Waals surface area contributed by atoms with Gasteiger partial charge in [0.15, 0.2) is 0 Å². The molecule has 3 nitrogen and oxygen atoms in total. The maximum absolute atomic E-state index is 11.8. The predicted octanol–water partition coefficient (Wildman–Crippen LogP) is 2.61. The Morgan fingerprint density at radius 1 is 1.24 bits per heavy atom. The zero-order valence-electron chi connectivity index (χ0n) is 10.4. The van der Waals surface area contributed by atoms with Crippen molar-refractivity contribution in [3.63, 3.8) is 0 Å². The molecular weight excluding hydrogens is 280 g/mol. The third-order valence-corrected chi connectivity index (χ3v) is 3.46. The highest BCUT2D eigenvalue weighted by Crippen LogP contribution is 2.17. The summed E-state index contributed by atoms with van der Waals surface area (Å²) in [4.78, 5) is 11.8. The van der Waals surface area contributed by atoms with Gasteiger partial charge in [-0.25, -0.2) is 0 Å². The summed E-state index contributed by atoms with van der Waals surface area (Å²) in [6, 6.07) is 7.78. The van der Waals surface area contributed by atoms with Crippen molar-refractivity contribution in [2.24, 2.45) is 11.7 Å². The number of rotatable bonds is 4. The Kier molecular flexibility index (Phi) is 5.15. The number of hydrogen-bond donors (Lipinski definition) is 2. The first kappa shape index (κ1) is 14.2. The lowest BCUT2D eigenvalue weighted by Crippen LogP contribution is -2.39. The van der Waals surface area contributed by atoms with E-state index in [1.54, 1.807) is 0 Å². The van der Waals surface area contributed by atoms with Gasteiger partial charge in [0.05, 0.1) is 6.04 Å². The third kappa shape index (κ3) is 4.13. The molecular formula is C13H19BrN2O. The number of nitrogens with one attached hydrogen (secondary N) is 1. The van der Waals surface area contributed by atoms with E-state index in [0.717, 1.165) is 10.0 Å². The molecule has 0 heterocycles. The summed E-state index contributed by atoms with van der Waals surface area (Å²) in [7, 11) is 0. The third-order valence-electron chi connectivity index (χ3n) is 2.93. The lowest BCUT2D eigenvalue weighted by atomic mass is 10.0. The molecule has 1 rings (SSSR count). The molecule has 17 heavy (non-hydrogen) atoms. The first-order chi connectivity index (χ1) is 7.91. The lowest BCUT2D eigenvalue weighted by molar-refractivity contribution is -0.125. The fourth-order valence-electron chi connectivity index (χ4n) is 1.42. The van der Waals surface area contributed by atoms with Gasteiger partial charge in [0, 0.05) is 16.4 Å². The van der Waals surface area contributed by atoms with E-state index in [0.29, 0.717) is 0 Å². The van der Waals surface area contributed by atoms with Gasteiger partial charge in [0.25, 0.3) is 0 Å². The first-order valence-corrected chi connectivity index (χ1v) is 6.52. The molecule has 4 heteroatoms.